The summed E-state index contributed by atoms with van der Waals surface area (Å²) in [6, 6.07) is 15.9. The number of rotatable bonds is 7. The van der Waals surface area contributed by atoms with E-state index in [0.717, 1.165) is 25.3 Å². The number of hydrogen-bond donors (Lipinski definition) is 1. The van der Waals surface area contributed by atoms with Gasteiger partial charge in [-0.25, -0.2) is 4.68 Å². The van der Waals surface area contributed by atoms with Crippen LogP contribution in [0.15, 0.2) is 66.4 Å². The van der Waals surface area contributed by atoms with Gasteiger partial charge in [-0.1, -0.05) is 41.9 Å². The number of carbonyl (C=O) groups excluding carboxylic acids is 2. The number of aliphatic hydroxyl groups is 1. The summed E-state index contributed by atoms with van der Waals surface area (Å²) in [5.41, 5.74) is 2.62. The quantitative estimate of drug-likeness (QED) is 0.288. The lowest BCUT2D eigenvalue weighted by Crippen LogP contribution is -2.38. The summed E-state index contributed by atoms with van der Waals surface area (Å²) in [7, 11) is 0. The number of amides is 1. The molecule has 1 N–H and O–H groups in total. The topological polar surface area (TPSA) is 87.9 Å². The molecule has 2 saturated heterocycles. The molecule has 3 heterocycles. The van der Waals surface area contributed by atoms with E-state index in [2.05, 4.69) is 10.00 Å². The fourth-order valence-corrected chi connectivity index (χ4v) is 5.24. The van der Waals surface area contributed by atoms with E-state index in [4.69, 9.17) is 16.3 Å². The Hall–Kier alpha value is -3.46. The maximum Gasteiger partial charge on any atom is 0.295 e. The maximum absolute atomic E-state index is 13.4. The predicted molar refractivity (Wildman–Crippen MR) is 141 cm³/mol. The van der Waals surface area contributed by atoms with Crippen molar-refractivity contribution >= 4 is 29.1 Å². The summed E-state index contributed by atoms with van der Waals surface area (Å²) in [4.78, 5) is 30.5. The molecule has 1 aromatic heterocycles. The number of morpholine rings is 1. The number of ether oxygens (including phenoxy) is 1. The summed E-state index contributed by atoms with van der Waals surface area (Å²) < 4.78 is 7.11. The Kier molecular flexibility index (Phi) is 7.41. The Bertz CT molecular complexity index is 1330. The average molecular weight is 521 g/mol. The third-order valence-corrected chi connectivity index (χ3v) is 7.18. The smallest absolute Gasteiger partial charge is 0.295 e. The fourth-order valence-electron chi connectivity index (χ4n) is 5.04. The molecule has 0 saturated carbocycles. The largest absolute Gasteiger partial charge is 0.507 e. The van der Waals surface area contributed by atoms with Crippen molar-refractivity contribution in [2.45, 2.75) is 19.4 Å². The number of aliphatic hydroxyl groups excluding tert-OH is 1. The van der Waals surface area contributed by atoms with Gasteiger partial charge in [-0.05, 0) is 43.2 Å². The highest BCUT2D eigenvalue weighted by atomic mass is 35.5. The Labute approximate surface area is 220 Å². The normalized spacial score (nSPS) is 20.1. The van der Waals surface area contributed by atoms with E-state index in [1.165, 1.54) is 6.20 Å². The molecule has 9 heteroatoms. The molecule has 37 heavy (non-hydrogen) atoms. The molecule has 2 aliphatic rings. The van der Waals surface area contributed by atoms with E-state index in [0.29, 0.717) is 48.0 Å². The van der Waals surface area contributed by atoms with Crippen molar-refractivity contribution in [3.63, 3.8) is 0 Å². The second kappa shape index (κ2) is 10.9. The molecule has 0 aliphatic carbocycles. The fraction of sp³-hybridized carbons (Fsp3) is 0.321. The molecule has 2 aliphatic heterocycles. The van der Waals surface area contributed by atoms with E-state index < -0.39 is 17.7 Å². The van der Waals surface area contributed by atoms with Gasteiger partial charge in [0.2, 0.25) is 0 Å². The molecule has 2 aromatic carbocycles. The summed E-state index contributed by atoms with van der Waals surface area (Å²) in [5, 5.41) is 16.4. The predicted octanol–water partition coefficient (Wildman–Crippen LogP) is 3.98. The van der Waals surface area contributed by atoms with Crippen molar-refractivity contribution in [2.75, 3.05) is 39.4 Å². The highest BCUT2D eigenvalue weighted by molar-refractivity contribution is 6.46. The number of nitrogens with zero attached hydrogens (tertiary/aromatic N) is 4. The minimum atomic E-state index is -0.747. The standard InChI is InChI=1S/C28H29ClN4O4/c1-19-23(18-30-33(19)22-9-3-2-4-10-22)26(34)24-25(20-7-5-8-21(29)17-20)32(28(36)27(24)35)12-6-11-31-13-15-37-16-14-31/h2-5,7-10,17-18,25,34H,6,11-16H2,1H3/b26-24+/t25-/m1/s1. The van der Waals surface area contributed by atoms with Gasteiger partial charge in [-0.2, -0.15) is 5.10 Å². The Morgan fingerprint density at radius 1 is 1.08 bits per heavy atom. The van der Waals surface area contributed by atoms with Crippen LogP contribution in [0.5, 0.6) is 0 Å². The minimum absolute atomic E-state index is 0.0503. The van der Waals surface area contributed by atoms with E-state index >= 15 is 0 Å². The Morgan fingerprint density at radius 3 is 2.57 bits per heavy atom. The highest BCUT2D eigenvalue weighted by Gasteiger charge is 2.46. The second-order valence-electron chi connectivity index (χ2n) is 9.25. The Balaban J connectivity index is 1.51. The first-order valence-electron chi connectivity index (χ1n) is 12.4. The SMILES string of the molecule is Cc1c(/C(O)=C2\C(=O)C(=O)N(CCCN3CCOCC3)[C@@H]2c2cccc(Cl)c2)cnn1-c1ccccc1. The van der Waals surface area contributed by atoms with Crippen LogP contribution in [0.3, 0.4) is 0 Å². The first-order chi connectivity index (χ1) is 18.0. The second-order valence-corrected chi connectivity index (χ2v) is 9.68. The summed E-state index contributed by atoms with van der Waals surface area (Å²) in [6.45, 7) is 6.08. The van der Waals surface area contributed by atoms with Gasteiger partial charge in [0.25, 0.3) is 11.7 Å². The number of benzene rings is 2. The molecular formula is C28H29ClN4O4. The van der Waals surface area contributed by atoms with Gasteiger partial charge >= 0.3 is 0 Å². The van der Waals surface area contributed by atoms with Crippen LogP contribution in [0.1, 0.15) is 29.3 Å². The molecule has 1 amide bonds. The number of Topliss-reactive ketones (excluding diaryl/α,β-unsaturated/α-hetero) is 1. The van der Waals surface area contributed by atoms with Crippen LogP contribution in [0.4, 0.5) is 0 Å². The minimum Gasteiger partial charge on any atom is -0.507 e. The lowest BCUT2D eigenvalue weighted by molar-refractivity contribution is -0.140. The molecule has 0 spiro atoms. The molecule has 0 bridgehead atoms. The van der Waals surface area contributed by atoms with Crippen molar-refractivity contribution in [3.8, 4) is 5.69 Å². The van der Waals surface area contributed by atoms with Crippen molar-refractivity contribution in [2.24, 2.45) is 0 Å². The monoisotopic (exact) mass is 520 g/mol. The number of ketones is 1. The third kappa shape index (κ3) is 5.05. The zero-order chi connectivity index (χ0) is 25.9. The molecule has 1 atom stereocenters. The number of halogens is 1. The molecule has 8 nitrogen and oxygen atoms in total. The number of hydrogen-bond acceptors (Lipinski definition) is 6. The van der Waals surface area contributed by atoms with Crippen molar-refractivity contribution in [1.29, 1.82) is 0 Å². The summed E-state index contributed by atoms with van der Waals surface area (Å²) in [6.07, 6.45) is 2.22. The first kappa shape index (κ1) is 25.2. The van der Waals surface area contributed by atoms with Gasteiger partial charge in [0.1, 0.15) is 5.76 Å². The van der Waals surface area contributed by atoms with Crippen LogP contribution >= 0.6 is 11.6 Å². The molecular weight excluding hydrogens is 492 g/mol. The lowest BCUT2D eigenvalue weighted by atomic mass is 9.95. The third-order valence-electron chi connectivity index (χ3n) is 6.95. The molecule has 0 radical (unpaired) electrons. The van der Waals surface area contributed by atoms with Crippen molar-refractivity contribution < 1.29 is 19.4 Å². The van der Waals surface area contributed by atoms with Gasteiger partial charge < -0.3 is 14.7 Å². The number of carbonyl (C=O) groups is 2. The zero-order valence-corrected chi connectivity index (χ0v) is 21.4. The van der Waals surface area contributed by atoms with Crippen LogP contribution < -0.4 is 0 Å². The van der Waals surface area contributed by atoms with Gasteiger partial charge in [-0.3, -0.25) is 14.5 Å². The first-order valence-corrected chi connectivity index (χ1v) is 12.8. The summed E-state index contributed by atoms with van der Waals surface area (Å²) >= 11 is 6.29. The Morgan fingerprint density at radius 2 is 1.84 bits per heavy atom. The number of likely N-dealkylation sites (tertiary alicyclic amines) is 1. The van der Waals surface area contributed by atoms with Crippen LogP contribution in [0.25, 0.3) is 11.4 Å². The van der Waals surface area contributed by atoms with Gasteiger partial charge in [0.05, 0.1) is 48.0 Å². The lowest BCUT2D eigenvalue weighted by Gasteiger charge is -2.29. The van der Waals surface area contributed by atoms with E-state index in [9.17, 15) is 14.7 Å². The van der Waals surface area contributed by atoms with Gasteiger partial charge in [-0.15, -0.1) is 0 Å². The maximum atomic E-state index is 13.4. The molecule has 3 aromatic rings. The van der Waals surface area contributed by atoms with E-state index in [1.54, 1.807) is 27.8 Å². The molecule has 192 valence electrons. The molecule has 5 rings (SSSR count). The summed E-state index contributed by atoms with van der Waals surface area (Å²) in [5.74, 6) is -1.57. The average Bonchev–Trinajstić information content (AvgIpc) is 3.42. The van der Waals surface area contributed by atoms with E-state index in [-0.39, 0.29) is 11.3 Å². The number of para-hydroxylation sites is 1. The molecule has 2 fully saturated rings. The van der Waals surface area contributed by atoms with Crippen LogP contribution in [0, 0.1) is 6.92 Å². The highest BCUT2D eigenvalue weighted by Crippen LogP contribution is 2.40. The van der Waals surface area contributed by atoms with Gasteiger partial charge in [0.15, 0.2) is 0 Å². The molecule has 0 unspecified atom stereocenters. The van der Waals surface area contributed by atoms with E-state index in [1.807, 2.05) is 43.3 Å². The zero-order valence-electron chi connectivity index (χ0n) is 20.6. The number of aromatic nitrogens is 2. The van der Waals surface area contributed by atoms with Crippen LogP contribution in [0.2, 0.25) is 5.02 Å². The van der Waals surface area contributed by atoms with Crippen molar-refractivity contribution in [1.82, 2.24) is 19.6 Å². The van der Waals surface area contributed by atoms with Crippen molar-refractivity contribution in [3.05, 3.63) is 88.2 Å². The van der Waals surface area contributed by atoms with Gasteiger partial charge in [0, 0.05) is 31.2 Å². The van der Waals surface area contributed by atoms with Crippen LogP contribution in [-0.2, 0) is 14.3 Å². The van der Waals surface area contributed by atoms with Crippen LogP contribution in [-0.4, -0.2) is 75.8 Å².